The van der Waals surface area contributed by atoms with Crippen LogP contribution in [0.25, 0.3) is 0 Å². The van der Waals surface area contributed by atoms with Crippen LogP contribution < -0.4 is 16.0 Å². The van der Waals surface area contributed by atoms with E-state index in [9.17, 15) is 9.59 Å². The lowest BCUT2D eigenvalue weighted by atomic mass is 9.93. The number of benzene rings is 1. The van der Waals surface area contributed by atoms with Crippen molar-refractivity contribution in [2.75, 3.05) is 45.1 Å². The van der Waals surface area contributed by atoms with Gasteiger partial charge in [-0.15, -0.1) is 12.4 Å². The molecule has 0 bridgehead atoms. The number of rotatable bonds is 8. The Bertz CT molecular complexity index is 620. The lowest BCUT2D eigenvalue weighted by molar-refractivity contribution is -0.125. The number of nitrogens with one attached hydrogen (secondary N) is 3. The second kappa shape index (κ2) is 12.2. The summed E-state index contributed by atoms with van der Waals surface area (Å²) < 4.78 is 0. The molecule has 0 aromatic heterocycles. The van der Waals surface area contributed by atoms with Crippen molar-refractivity contribution in [1.82, 2.24) is 15.5 Å². The van der Waals surface area contributed by atoms with Gasteiger partial charge in [-0.1, -0.05) is 17.7 Å². The van der Waals surface area contributed by atoms with Crippen molar-refractivity contribution in [1.29, 1.82) is 0 Å². The minimum absolute atomic E-state index is 0. The molecule has 1 aromatic rings. The Morgan fingerprint density at radius 2 is 1.93 bits per heavy atom. The molecule has 1 saturated heterocycles. The zero-order chi connectivity index (χ0) is 18.9. The predicted molar refractivity (Wildman–Crippen MR) is 113 cm³/mol. The average Bonchev–Trinajstić information content (AvgIpc) is 2.63. The first-order valence-electron chi connectivity index (χ1n) is 9.18. The summed E-state index contributed by atoms with van der Waals surface area (Å²) in [5.74, 6) is 0.375. The number of piperidine rings is 1. The molecule has 1 aliphatic heterocycles. The standard InChI is InChI=1S/C19H29ClN4O2.ClH/c1-14-16(20)4-3-5-17(14)23-18(25)12-22-19(26)13-24-10-7-15(8-11-24)6-9-21-2;/h3-5,15,21H,6-13H2,1-2H3,(H,22,26)(H,23,25);1H. The highest BCUT2D eigenvalue weighted by molar-refractivity contribution is 6.31. The largest absolute Gasteiger partial charge is 0.346 e. The van der Waals surface area contributed by atoms with Crippen molar-refractivity contribution >= 4 is 41.5 Å². The number of anilines is 1. The van der Waals surface area contributed by atoms with Crippen molar-refractivity contribution < 1.29 is 9.59 Å². The fraction of sp³-hybridized carbons (Fsp3) is 0.579. The van der Waals surface area contributed by atoms with E-state index >= 15 is 0 Å². The maximum atomic E-state index is 12.1. The number of halogens is 2. The Kier molecular flexibility index (Phi) is 10.7. The van der Waals surface area contributed by atoms with Gasteiger partial charge in [0.15, 0.2) is 0 Å². The van der Waals surface area contributed by atoms with Gasteiger partial charge in [-0.05, 0) is 76.5 Å². The Morgan fingerprint density at radius 3 is 2.59 bits per heavy atom. The highest BCUT2D eigenvalue weighted by Crippen LogP contribution is 2.22. The first-order valence-corrected chi connectivity index (χ1v) is 9.56. The van der Waals surface area contributed by atoms with Gasteiger partial charge < -0.3 is 16.0 Å². The zero-order valence-corrected chi connectivity index (χ0v) is 17.6. The smallest absolute Gasteiger partial charge is 0.243 e. The normalized spacial score (nSPS) is 15.1. The van der Waals surface area contributed by atoms with E-state index in [4.69, 9.17) is 11.6 Å². The Hall–Kier alpha value is -1.34. The van der Waals surface area contributed by atoms with E-state index in [1.165, 1.54) is 6.42 Å². The fourth-order valence-corrected chi connectivity index (χ4v) is 3.33. The molecule has 1 aromatic carbocycles. The molecule has 8 heteroatoms. The van der Waals surface area contributed by atoms with Gasteiger partial charge in [0.2, 0.25) is 11.8 Å². The van der Waals surface area contributed by atoms with Crippen LogP contribution >= 0.6 is 24.0 Å². The van der Waals surface area contributed by atoms with E-state index in [2.05, 4.69) is 20.9 Å². The van der Waals surface area contributed by atoms with Crippen LogP contribution in [0.5, 0.6) is 0 Å². The van der Waals surface area contributed by atoms with Gasteiger partial charge in [-0.25, -0.2) is 0 Å². The lowest BCUT2D eigenvalue weighted by Gasteiger charge is -2.31. The Balaban J connectivity index is 0.00000364. The number of carbonyl (C=O) groups excluding carboxylic acids is 2. The van der Waals surface area contributed by atoms with Crippen LogP contribution in [-0.2, 0) is 9.59 Å². The second-order valence-electron chi connectivity index (χ2n) is 6.85. The molecular formula is C19H30Cl2N4O2. The summed E-state index contributed by atoms with van der Waals surface area (Å²) in [6.07, 6.45) is 3.45. The molecule has 0 aliphatic carbocycles. The van der Waals surface area contributed by atoms with E-state index in [1.807, 2.05) is 14.0 Å². The van der Waals surface area contributed by atoms with Gasteiger partial charge in [-0.3, -0.25) is 14.5 Å². The van der Waals surface area contributed by atoms with Crippen molar-refractivity contribution in [3.8, 4) is 0 Å². The minimum atomic E-state index is -0.255. The lowest BCUT2D eigenvalue weighted by Crippen LogP contribution is -2.43. The van der Waals surface area contributed by atoms with Crippen LogP contribution in [-0.4, -0.2) is 56.5 Å². The molecule has 0 unspecified atom stereocenters. The second-order valence-corrected chi connectivity index (χ2v) is 7.26. The number of nitrogens with zero attached hydrogens (tertiary/aromatic N) is 1. The zero-order valence-electron chi connectivity index (χ0n) is 16.0. The summed E-state index contributed by atoms with van der Waals surface area (Å²) in [5.41, 5.74) is 1.48. The molecule has 3 N–H and O–H groups in total. The van der Waals surface area contributed by atoms with E-state index in [-0.39, 0.29) is 30.8 Å². The van der Waals surface area contributed by atoms with E-state index in [0.717, 1.165) is 44.0 Å². The van der Waals surface area contributed by atoms with E-state index in [1.54, 1.807) is 18.2 Å². The number of hydrogen-bond acceptors (Lipinski definition) is 4. The monoisotopic (exact) mass is 416 g/mol. The molecule has 2 rings (SSSR count). The third kappa shape index (κ3) is 8.05. The molecule has 0 radical (unpaired) electrons. The molecular weight excluding hydrogens is 387 g/mol. The van der Waals surface area contributed by atoms with E-state index in [0.29, 0.717) is 17.3 Å². The molecule has 2 amide bonds. The molecule has 1 fully saturated rings. The fourth-order valence-electron chi connectivity index (χ4n) is 3.16. The third-order valence-corrected chi connectivity index (χ3v) is 5.27. The van der Waals surface area contributed by atoms with Crippen LogP contribution in [0.2, 0.25) is 5.02 Å². The van der Waals surface area contributed by atoms with Crippen molar-refractivity contribution in [3.05, 3.63) is 28.8 Å². The van der Waals surface area contributed by atoms with Crippen molar-refractivity contribution in [3.63, 3.8) is 0 Å². The first kappa shape index (κ1) is 23.7. The highest BCUT2D eigenvalue weighted by Gasteiger charge is 2.20. The van der Waals surface area contributed by atoms with Gasteiger partial charge in [0.25, 0.3) is 0 Å². The maximum absolute atomic E-state index is 12.1. The summed E-state index contributed by atoms with van der Waals surface area (Å²) >= 11 is 6.04. The van der Waals surface area contributed by atoms with Gasteiger partial charge in [-0.2, -0.15) is 0 Å². The topological polar surface area (TPSA) is 73.5 Å². The SMILES string of the molecule is CNCCC1CCN(CC(=O)NCC(=O)Nc2cccc(Cl)c2C)CC1.Cl. The van der Waals surface area contributed by atoms with Crippen LogP contribution in [0.4, 0.5) is 5.69 Å². The Labute approximate surface area is 172 Å². The highest BCUT2D eigenvalue weighted by atomic mass is 35.5. The van der Waals surface area contributed by atoms with Crippen LogP contribution in [0.3, 0.4) is 0 Å². The molecule has 27 heavy (non-hydrogen) atoms. The maximum Gasteiger partial charge on any atom is 0.243 e. The third-order valence-electron chi connectivity index (χ3n) is 4.86. The van der Waals surface area contributed by atoms with Crippen LogP contribution in [0.15, 0.2) is 18.2 Å². The minimum Gasteiger partial charge on any atom is -0.346 e. The number of amides is 2. The molecule has 1 heterocycles. The van der Waals surface area contributed by atoms with Gasteiger partial charge in [0.05, 0.1) is 13.1 Å². The molecule has 0 spiro atoms. The summed E-state index contributed by atoms with van der Waals surface area (Å²) in [6, 6.07) is 5.35. The summed E-state index contributed by atoms with van der Waals surface area (Å²) in [4.78, 5) is 26.3. The average molecular weight is 417 g/mol. The van der Waals surface area contributed by atoms with Crippen molar-refractivity contribution in [2.24, 2.45) is 5.92 Å². The quantitative estimate of drug-likeness (QED) is 0.608. The van der Waals surface area contributed by atoms with Crippen LogP contribution in [0.1, 0.15) is 24.8 Å². The number of carbonyl (C=O) groups is 2. The van der Waals surface area contributed by atoms with Gasteiger partial charge in [0.1, 0.15) is 0 Å². The summed E-state index contributed by atoms with van der Waals surface area (Å²) in [5, 5.41) is 9.26. The molecule has 0 saturated carbocycles. The van der Waals surface area contributed by atoms with Gasteiger partial charge >= 0.3 is 0 Å². The molecule has 6 nitrogen and oxygen atoms in total. The molecule has 0 atom stereocenters. The summed E-state index contributed by atoms with van der Waals surface area (Å²) in [6.45, 7) is 5.08. The summed E-state index contributed by atoms with van der Waals surface area (Å²) in [7, 11) is 1.98. The molecule has 1 aliphatic rings. The Morgan fingerprint density at radius 1 is 1.22 bits per heavy atom. The van der Waals surface area contributed by atoms with E-state index < -0.39 is 0 Å². The first-order chi connectivity index (χ1) is 12.5. The van der Waals surface area contributed by atoms with Crippen LogP contribution in [0, 0.1) is 12.8 Å². The number of hydrogen-bond donors (Lipinski definition) is 3. The predicted octanol–water partition coefficient (Wildman–Crippen LogP) is 2.45. The molecule has 152 valence electrons. The number of likely N-dealkylation sites (tertiary alicyclic amines) is 1. The van der Waals surface area contributed by atoms with Gasteiger partial charge in [0, 0.05) is 10.7 Å². The van der Waals surface area contributed by atoms with Crippen molar-refractivity contribution in [2.45, 2.75) is 26.2 Å².